The number of hydrogen-bond acceptors (Lipinski definition) is 4. The minimum Gasteiger partial charge on any atom is -0.342 e. The Morgan fingerprint density at radius 3 is 2.63 bits per heavy atom. The summed E-state index contributed by atoms with van der Waals surface area (Å²) >= 11 is 4.83. The molecule has 1 aliphatic heterocycles. The predicted molar refractivity (Wildman–Crippen MR) is 114 cm³/mol. The molecule has 1 saturated heterocycles. The van der Waals surface area contributed by atoms with Gasteiger partial charge in [-0.3, -0.25) is 14.2 Å². The Morgan fingerprint density at radius 1 is 1.26 bits per heavy atom. The zero-order valence-electron chi connectivity index (χ0n) is 15.9. The number of thioether (sulfide) groups is 1. The van der Waals surface area contributed by atoms with Crippen molar-refractivity contribution in [3.05, 3.63) is 33.0 Å². The minimum atomic E-state index is -0.258. The Labute approximate surface area is 172 Å². The second-order valence-corrected chi connectivity index (χ2v) is 9.24. The van der Waals surface area contributed by atoms with Crippen LogP contribution in [0.15, 0.2) is 32.6 Å². The molecular formula is C20H26BrN3O2S. The monoisotopic (exact) mass is 451 g/mol. The minimum absolute atomic E-state index is 0.0416. The molecule has 3 rings (SSSR count). The van der Waals surface area contributed by atoms with E-state index in [1.807, 2.05) is 36.9 Å². The highest BCUT2D eigenvalue weighted by atomic mass is 79.9. The van der Waals surface area contributed by atoms with Crippen LogP contribution in [0.25, 0.3) is 10.9 Å². The van der Waals surface area contributed by atoms with E-state index in [1.165, 1.54) is 24.6 Å². The molecule has 146 valence electrons. The molecule has 0 bridgehead atoms. The standard InChI is InChI=1S/C20H26BrN3O2S/c1-3-10-24-19(26)16-13-15(21)8-9-17(16)22-20(24)27-14(2)18(25)23-11-6-4-5-7-12-23/h8-9,13-14H,3-7,10-12H2,1-2H3. The number of fused-ring (bicyclic) bond motifs is 1. The molecule has 7 heteroatoms. The van der Waals surface area contributed by atoms with Crippen molar-refractivity contribution < 1.29 is 4.79 Å². The second kappa shape index (κ2) is 9.24. The largest absolute Gasteiger partial charge is 0.342 e. The van der Waals surface area contributed by atoms with E-state index in [9.17, 15) is 9.59 Å². The lowest BCUT2D eigenvalue weighted by Gasteiger charge is -2.24. The average Bonchev–Trinajstić information content (AvgIpc) is 2.94. The van der Waals surface area contributed by atoms with Crippen LogP contribution in [-0.4, -0.2) is 38.7 Å². The van der Waals surface area contributed by atoms with Gasteiger partial charge in [0.05, 0.1) is 16.2 Å². The van der Waals surface area contributed by atoms with Crippen molar-refractivity contribution in [2.24, 2.45) is 0 Å². The lowest BCUT2D eigenvalue weighted by molar-refractivity contribution is -0.130. The fraction of sp³-hybridized carbons (Fsp3) is 0.550. The topological polar surface area (TPSA) is 55.2 Å². The highest BCUT2D eigenvalue weighted by Gasteiger charge is 2.24. The molecule has 1 amide bonds. The van der Waals surface area contributed by atoms with Gasteiger partial charge in [-0.1, -0.05) is 47.5 Å². The van der Waals surface area contributed by atoms with E-state index in [1.54, 1.807) is 4.57 Å². The Morgan fingerprint density at radius 2 is 1.96 bits per heavy atom. The van der Waals surface area contributed by atoms with Gasteiger partial charge in [0.15, 0.2) is 5.16 Å². The molecule has 0 saturated carbocycles. The maximum atomic E-state index is 13.0. The molecule has 0 N–H and O–H groups in total. The first-order chi connectivity index (χ1) is 13.0. The van der Waals surface area contributed by atoms with Crippen LogP contribution < -0.4 is 5.56 Å². The van der Waals surface area contributed by atoms with Crippen molar-refractivity contribution in [3.8, 4) is 0 Å². The van der Waals surface area contributed by atoms with Crippen LogP contribution in [0.5, 0.6) is 0 Å². The van der Waals surface area contributed by atoms with Gasteiger partial charge in [-0.05, 0) is 44.4 Å². The van der Waals surface area contributed by atoms with E-state index in [4.69, 9.17) is 4.98 Å². The number of hydrogen-bond donors (Lipinski definition) is 0. The molecule has 5 nitrogen and oxygen atoms in total. The number of amides is 1. The average molecular weight is 452 g/mol. The van der Waals surface area contributed by atoms with Crippen LogP contribution in [0.2, 0.25) is 0 Å². The normalized spacial score (nSPS) is 16.3. The first kappa shape index (κ1) is 20.4. The second-order valence-electron chi connectivity index (χ2n) is 7.01. The summed E-state index contributed by atoms with van der Waals surface area (Å²) in [5.74, 6) is 0.148. The van der Waals surface area contributed by atoms with Gasteiger partial charge < -0.3 is 4.90 Å². The molecule has 2 heterocycles. The van der Waals surface area contributed by atoms with E-state index < -0.39 is 0 Å². The van der Waals surface area contributed by atoms with Gasteiger partial charge in [-0.25, -0.2) is 4.98 Å². The Kier molecular flexibility index (Phi) is 6.98. The number of benzene rings is 1. The molecule has 0 aliphatic carbocycles. The summed E-state index contributed by atoms with van der Waals surface area (Å²) in [5.41, 5.74) is 0.632. The van der Waals surface area contributed by atoms with E-state index >= 15 is 0 Å². The van der Waals surface area contributed by atoms with Crippen LogP contribution in [0.4, 0.5) is 0 Å². The Balaban J connectivity index is 1.90. The molecule has 1 atom stereocenters. The lowest BCUT2D eigenvalue weighted by atomic mass is 10.2. The molecule has 0 spiro atoms. The van der Waals surface area contributed by atoms with E-state index in [0.717, 1.165) is 36.8 Å². The van der Waals surface area contributed by atoms with E-state index in [2.05, 4.69) is 15.9 Å². The summed E-state index contributed by atoms with van der Waals surface area (Å²) in [6.07, 6.45) is 5.38. The molecular weight excluding hydrogens is 426 g/mol. The van der Waals surface area contributed by atoms with E-state index in [-0.39, 0.29) is 16.7 Å². The van der Waals surface area contributed by atoms with Crippen LogP contribution in [0.3, 0.4) is 0 Å². The van der Waals surface area contributed by atoms with Gasteiger partial charge in [0.25, 0.3) is 5.56 Å². The molecule has 1 aromatic carbocycles. The summed E-state index contributed by atoms with van der Waals surface area (Å²) in [5, 5.41) is 0.979. The quantitative estimate of drug-likeness (QED) is 0.497. The van der Waals surface area contributed by atoms with Gasteiger partial charge in [0, 0.05) is 24.1 Å². The van der Waals surface area contributed by atoms with Gasteiger partial charge in [-0.15, -0.1) is 0 Å². The van der Waals surface area contributed by atoms with Gasteiger partial charge in [0.2, 0.25) is 5.91 Å². The molecule has 1 aromatic heterocycles. The molecule has 0 radical (unpaired) electrons. The molecule has 1 aliphatic rings. The first-order valence-corrected chi connectivity index (χ1v) is 11.3. The van der Waals surface area contributed by atoms with Crippen molar-refractivity contribution in [1.82, 2.24) is 14.5 Å². The summed E-state index contributed by atoms with van der Waals surface area (Å²) < 4.78 is 2.58. The molecule has 27 heavy (non-hydrogen) atoms. The van der Waals surface area contributed by atoms with Crippen LogP contribution in [0, 0.1) is 0 Å². The third-order valence-corrected chi connectivity index (χ3v) is 6.45. The zero-order valence-corrected chi connectivity index (χ0v) is 18.3. The third-order valence-electron chi connectivity index (χ3n) is 4.88. The number of aromatic nitrogens is 2. The van der Waals surface area contributed by atoms with E-state index in [0.29, 0.717) is 22.6 Å². The summed E-state index contributed by atoms with van der Waals surface area (Å²) in [6, 6.07) is 5.55. The van der Waals surface area contributed by atoms with Gasteiger partial charge in [0.1, 0.15) is 0 Å². The van der Waals surface area contributed by atoms with Crippen LogP contribution in [-0.2, 0) is 11.3 Å². The number of carbonyl (C=O) groups is 1. The molecule has 1 unspecified atom stereocenters. The van der Waals surface area contributed by atoms with Crippen molar-refractivity contribution in [1.29, 1.82) is 0 Å². The fourth-order valence-electron chi connectivity index (χ4n) is 3.44. The predicted octanol–water partition coefficient (Wildman–Crippen LogP) is 4.45. The highest BCUT2D eigenvalue weighted by Crippen LogP contribution is 2.26. The zero-order chi connectivity index (χ0) is 19.4. The SMILES string of the molecule is CCCn1c(SC(C)C(=O)N2CCCCCC2)nc2ccc(Br)cc2c1=O. The van der Waals surface area contributed by atoms with Crippen LogP contribution in [0.1, 0.15) is 46.0 Å². The summed E-state index contributed by atoms with van der Waals surface area (Å²) in [6.45, 7) is 6.24. The maximum Gasteiger partial charge on any atom is 0.262 e. The Bertz CT molecular complexity index is 875. The lowest BCUT2D eigenvalue weighted by Crippen LogP contribution is -2.37. The van der Waals surface area contributed by atoms with Crippen molar-refractivity contribution >= 4 is 44.5 Å². The summed E-state index contributed by atoms with van der Waals surface area (Å²) in [4.78, 5) is 32.6. The van der Waals surface area contributed by atoms with Gasteiger partial charge in [-0.2, -0.15) is 0 Å². The maximum absolute atomic E-state index is 13.0. The smallest absolute Gasteiger partial charge is 0.262 e. The van der Waals surface area contributed by atoms with Crippen molar-refractivity contribution in [2.45, 2.75) is 62.9 Å². The van der Waals surface area contributed by atoms with Crippen molar-refractivity contribution in [2.75, 3.05) is 13.1 Å². The Hall–Kier alpha value is -1.34. The van der Waals surface area contributed by atoms with Crippen molar-refractivity contribution in [3.63, 3.8) is 0 Å². The van der Waals surface area contributed by atoms with Gasteiger partial charge >= 0.3 is 0 Å². The number of carbonyl (C=O) groups excluding carboxylic acids is 1. The fourth-order valence-corrected chi connectivity index (χ4v) is 4.82. The number of likely N-dealkylation sites (tertiary alicyclic amines) is 1. The third kappa shape index (κ3) is 4.74. The highest BCUT2D eigenvalue weighted by molar-refractivity contribution is 9.10. The molecule has 2 aromatic rings. The number of rotatable bonds is 5. The van der Waals surface area contributed by atoms with Crippen LogP contribution >= 0.6 is 27.7 Å². The summed E-state index contributed by atoms with van der Waals surface area (Å²) in [7, 11) is 0. The number of halogens is 1. The first-order valence-electron chi connectivity index (χ1n) is 9.66. The number of nitrogens with zero attached hydrogens (tertiary/aromatic N) is 3. The molecule has 1 fully saturated rings.